The molecule has 3 rings (SSSR count). The summed E-state index contributed by atoms with van der Waals surface area (Å²) in [5.74, 6) is 1.10. The molecule has 8 nitrogen and oxygen atoms in total. The third kappa shape index (κ3) is 7.34. The largest absolute Gasteiger partial charge is 0.496 e. The Bertz CT molecular complexity index is 1050. The average Bonchev–Trinajstić information content (AvgIpc) is 2.87. The first-order valence-electron chi connectivity index (χ1n) is 12.3. The fourth-order valence-corrected chi connectivity index (χ4v) is 4.87. The zero-order chi connectivity index (χ0) is 26.2. The summed E-state index contributed by atoms with van der Waals surface area (Å²) in [4.78, 5) is 28.8. The third-order valence-electron chi connectivity index (χ3n) is 6.68. The molecular formula is C27H36ClN3O5. The Labute approximate surface area is 217 Å². The molecule has 2 aromatic rings. The smallest absolute Gasteiger partial charge is 0.308 e. The van der Waals surface area contributed by atoms with Gasteiger partial charge in [-0.1, -0.05) is 17.7 Å². The van der Waals surface area contributed by atoms with Crippen molar-refractivity contribution >= 4 is 29.3 Å². The highest BCUT2D eigenvalue weighted by Crippen LogP contribution is 2.32. The number of nitrogens with one attached hydrogen (secondary N) is 2. The Morgan fingerprint density at radius 2 is 1.89 bits per heavy atom. The molecule has 1 aliphatic carbocycles. The number of pyridine rings is 1. The molecule has 0 bridgehead atoms. The van der Waals surface area contributed by atoms with Crippen molar-refractivity contribution in [3.8, 4) is 5.75 Å². The second kappa shape index (κ2) is 12.9. The number of carbonyl (C=O) groups is 2. The number of anilines is 1. The van der Waals surface area contributed by atoms with E-state index in [0.29, 0.717) is 35.3 Å². The van der Waals surface area contributed by atoms with Gasteiger partial charge in [0, 0.05) is 18.3 Å². The van der Waals surface area contributed by atoms with Crippen molar-refractivity contribution in [3.63, 3.8) is 0 Å². The molecule has 1 aliphatic rings. The first-order valence-corrected chi connectivity index (χ1v) is 12.7. The van der Waals surface area contributed by atoms with Gasteiger partial charge in [0.05, 0.1) is 42.9 Å². The minimum absolute atomic E-state index is 0.0342. The van der Waals surface area contributed by atoms with E-state index in [2.05, 4.69) is 15.6 Å². The number of hydrogen-bond donors (Lipinski definition) is 3. The number of halogens is 1. The fourth-order valence-electron chi connectivity index (χ4n) is 4.65. The van der Waals surface area contributed by atoms with Gasteiger partial charge in [-0.15, -0.1) is 0 Å². The number of ether oxygens (including phenoxy) is 2. The normalized spacial score (nSPS) is 19.2. The van der Waals surface area contributed by atoms with Crippen molar-refractivity contribution in [2.45, 2.75) is 58.1 Å². The highest BCUT2D eigenvalue weighted by atomic mass is 35.5. The maximum absolute atomic E-state index is 12.7. The van der Waals surface area contributed by atoms with E-state index in [4.69, 9.17) is 21.1 Å². The average molecular weight is 518 g/mol. The first kappa shape index (κ1) is 27.7. The molecule has 1 aromatic heterocycles. The summed E-state index contributed by atoms with van der Waals surface area (Å²) >= 11 is 6.47. The number of aliphatic hydroxyl groups is 1. The molecule has 0 aliphatic heterocycles. The molecule has 0 radical (unpaired) electrons. The molecule has 1 saturated carbocycles. The number of methoxy groups -OCH3 is 2. The van der Waals surface area contributed by atoms with Crippen LogP contribution in [-0.2, 0) is 16.0 Å². The van der Waals surface area contributed by atoms with Crippen molar-refractivity contribution in [2.24, 2.45) is 11.8 Å². The monoisotopic (exact) mass is 517 g/mol. The zero-order valence-electron chi connectivity index (χ0n) is 21.3. The van der Waals surface area contributed by atoms with Crippen molar-refractivity contribution in [2.75, 3.05) is 26.1 Å². The lowest BCUT2D eigenvalue weighted by molar-refractivity contribution is -0.146. The summed E-state index contributed by atoms with van der Waals surface area (Å²) < 4.78 is 10.3. The Kier molecular flexibility index (Phi) is 9.96. The number of rotatable bonds is 10. The molecule has 2 atom stereocenters. The maximum atomic E-state index is 12.7. The molecule has 3 N–H and O–H groups in total. The van der Waals surface area contributed by atoms with E-state index in [-0.39, 0.29) is 23.8 Å². The molecule has 1 fully saturated rings. The van der Waals surface area contributed by atoms with E-state index in [9.17, 15) is 14.7 Å². The molecular weight excluding hydrogens is 482 g/mol. The molecule has 2 unspecified atom stereocenters. The van der Waals surface area contributed by atoms with Crippen molar-refractivity contribution < 1.29 is 24.2 Å². The van der Waals surface area contributed by atoms with Gasteiger partial charge in [0.1, 0.15) is 11.6 Å². The van der Waals surface area contributed by atoms with E-state index in [1.54, 1.807) is 20.1 Å². The van der Waals surface area contributed by atoms with Crippen LogP contribution in [0.5, 0.6) is 5.75 Å². The van der Waals surface area contributed by atoms with E-state index in [1.807, 2.05) is 25.1 Å². The topological polar surface area (TPSA) is 110 Å². The Balaban J connectivity index is 1.59. The minimum atomic E-state index is -0.445. The first-order chi connectivity index (χ1) is 17.2. The van der Waals surface area contributed by atoms with Gasteiger partial charge in [-0.2, -0.15) is 0 Å². The zero-order valence-corrected chi connectivity index (χ0v) is 22.1. The number of amides is 1. The number of carbonyl (C=O) groups excluding carboxylic acids is 2. The SMILES string of the molecule is COc1ccc(CC(C)O)cc1C(C)Nc1ncc(C(=O)NC[C@H]2CC[C@H](C(=O)OC)CC2)cc1Cl. The van der Waals surface area contributed by atoms with Crippen LogP contribution in [0.1, 0.15) is 67.1 Å². The predicted octanol–water partition coefficient (Wildman–Crippen LogP) is 4.55. The molecule has 0 spiro atoms. The van der Waals surface area contributed by atoms with Crippen molar-refractivity contribution in [1.29, 1.82) is 0 Å². The van der Waals surface area contributed by atoms with Gasteiger partial charge in [-0.3, -0.25) is 9.59 Å². The van der Waals surface area contributed by atoms with Crippen LogP contribution in [0.25, 0.3) is 0 Å². The number of benzene rings is 1. The molecule has 1 aromatic carbocycles. The third-order valence-corrected chi connectivity index (χ3v) is 6.97. The quantitative estimate of drug-likeness (QED) is 0.396. The summed E-state index contributed by atoms with van der Waals surface area (Å²) in [6.45, 7) is 4.27. The van der Waals surface area contributed by atoms with E-state index < -0.39 is 6.10 Å². The number of aliphatic hydroxyl groups excluding tert-OH is 1. The summed E-state index contributed by atoms with van der Waals surface area (Å²) in [7, 11) is 3.03. The molecule has 36 heavy (non-hydrogen) atoms. The molecule has 196 valence electrons. The summed E-state index contributed by atoms with van der Waals surface area (Å²) in [6, 6.07) is 7.24. The Hall–Kier alpha value is -2.84. The van der Waals surface area contributed by atoms with Crippen LogP contribution in [0.4, 0.5) is 5.82 Å². The Morgan fingerprint density at radius 3 is 2.50 bits per heavy atom. The van der Waals surface area contributed by atoms with Gasteiger partial charge in [-0.05, 0) is 75.6 Å². The number of hydrogen-bond acceptors (Lipinski definition) is 7. The highest BCUT2D eigenvalue weighted by molar-refractivity contribution is 6.33. The summed E-state index contributed by atoms with van der Waals surface area (Å²) in [6.07, 6.45) is 4.92. The van der Waals surface area contributed by atoms with Crippen LogP contribution in [0.3, 0.4) is 0 Å². The van der Waals surface area contributed by atoms with Crippen LogP contribution < -0.4 is 15.4 Å². The van der Waals surface area contributed by atoms with Crippen molar-refractivity contribution in [1.82, 2.24) is 10.3 Å². The van der Waals surface area contributed by atoms with Gasteiger partial charge in [-0.25, -0.2) is 4.98 Å². The van der Waals surface area contributed by atoms with Gasteiger partial charge in [0.2, 0.25) is 0 Å². The van der Waals surface area contributed by atoms with Crippen LogP contribution >= 0.6 is 11.6 Å². The summed E-state index contributed by atoms with van der Waals surface area (Å²) in [5, 5.41) is 16.3. The number of aromatic nitrogens is 1. The lowest BCUT2D eigenvalue weighted by Crippen LogP contribution is -2.32. The molecule has 9 heteroatoms. The van der Waals surface area contributed by atoms with Crippen molar-refractivity contribution in [3.05, 3.63) is 52.2 Å². The number of nitrogens with zero attached hydrogens (tertiary/aromatic N) is 1. The second-order valence-corrected chi connectivity index (χ2v) is 9.91. The van der Waals surface area contributed by atoms with E-state index in [0.717, 1.165) is 42.6 Å². The molecule has 0 saturated heterocycles. The molecule has 1 amide bonds. The van der Waals surface area contributed by atoms with Gasteiger partial charge in [0.15, 0.2) is 0 Å². The van der Waals surface area contributed by atoms with Crippen LogP contribution in [0.15, 0.2) is 30.5 Å². The lowest BCUT2D eigenvalue weighted by atomic mass is 9.82. The highest BCUT2D eigenvalue weighted by Gasteiger charge is 2.27. The molecule has 1 heterocycles. The Morgan fingerprint density at radius 1 is 1.17 bits per heavy atom. The predicted molar refractivity (Wildman–Crippen MR) is 139 cm³/mol. The van der Waals surface area contributed by atoms with Crippen LogP contribution in [-0.4, -0.2) is 48.8 Å². The van der Waals surface area contributed by atoms with Gasteiger partial charge in [0.25, 0.3) is 5.91 Å². The van der Waals surface area contributed by atoms with Gasteiger partial charge < -0.3 is 25.2 Å². The minimum Gasteiger partial charge on any atom is -0.496 e. The lowest BCUT2D eigenvalue weighted by Gasteiger charge is -2.27. The standard InChI is InChI=1S/C27H36ClN3O5/c1-16(32)11-19-7-10-24(35-3)22(12-19)17(2)31-25-23(28)13-21(15-29-25)26(33)30-14-18-5-8-20(9-6-18)27(34)36-4/h7,10,12-13,15-18,20,32H,5-6,8-9,11,14H2,1-4H3,(H,29,31)(H,30,33)/t16?,17?,18-,20-. The van der Waals surface area contributed by atoms with Gasteiger partial charge >= 0.3 is 5.97 Å². The fraction of sp³-hybridized carbons (Fsp3) is 0.519. The number of esters is 1. The second-order valence-electron chi connectivity index (χ2n) is 9.50. The summed E-state index contributed by atoms with van der Waals surface area (Å²) in [5.41, 5.74) is 2.30. The van der Waals surface area contributed by atoms with E-state index in [1.165, 1.54) is 13.3 Å². The maximum Gasteiger partial charge on any atom is 0.308 e. The van der Waals surface area contributed by atoms with Crippen LogP contribution in [0.2, 0.25) is 5.02 Å². The van der Waals surface area contributed by atoms with E-state index >= 15 is 0 Å². The van der Waals surface area contributed by atoms with Crippen LogP contribution in [0, 0.1) is 11.8 Å².